The van der Waals surface area contributed by atoms with Crippen LogP contribution in [0.4, 0.5) is 0 Å². The highest BCUT2D eigenvalue weighted by Crippen LogP contribution is 2.15. The average molecular weight is 388 g/mol. The summed E-state index contributed by atoms with van der Waals surface area (Å²) in [5, 5.41) is 12.3. The van der Waals surface area contributed by atoms with Crippen LogP contribution in [0.3, 0.4) is 0 Å². The maximum Gasteiger partial charge on any atom is 0.194 e. The van der Waals surface area contributed by atoms with Crippen LogP contribution in [0.5, 0.6) is 0 Å². The monoisotopic (exact) mass is 387 g/mol. The Morgan fingerprint density at radius 2 is 2.21 bits per heavy atom. The molecule has 2 aromatic rings. The Kier molecular flexibility index (Phi) is 6.44. The number of hydrogen-bond acceptors (Lipinski definition) is 2. The smallest absolute Gasteiger partial charge is 0.194 e. The largest absolute Gasteiger partial charge is 0.357 e. The lowest BCUT2D eigenvalue weighted by atomic mass is 10.1. The number of nitriles is 1. The topological polar surface area (TPSA) is 56.4 Å². The summed E-state index contributed by atoms with van der Waals surface area (Å²) in [4.78, 5) is 6.79. The number of hydrogen-bond donors (Lipinski definition) is 1. The second-order valence-corrected chi connectivity index (χ2v) is 6.51. The van der Waals surface area contributed by atoms with Crippen LogP contribution in [0.2, 0.25) is 0 Å². The van der Waals surface area contributed by atoms with Gasteiger partial charge in [-0.3, -0.25) is 0 Å². The fraction of sp³-hybridized carbons (Fsp3) is 0.333. The lowest BCUT2D eigenvalue weighted by molar-refractivity contribution is 0.462. The third-order valence-corrected chi connectivity index (χ3v) is 4.07. The number of rotatable bonds is 5. The molecule has 24 heavy (non-hydrogen) atoms. The number of benzene rings is 1. The van der Waals surface area contributed by atoms with E-state index >= 15 is 0 Å². The first-order chi connectivity index (χ1) is 11.5. The zero-order valence-electron chi connectivity index (χ0n) is 14.3. The molecule has 1 aromatic heterocycles. The van der Waals surface area contributed by atoms with Crippen LogP contribution in [0.15, 0.2) is 46.0 Å². The number of guanidine groups is 1. The van der Waals surface area contributed by atoms with Crippen molar-refractivity contribution in [3.05, 3.63) is 57.8 Å². The fourth-order valence-electron chi connectivity index (χ4n) is 2.42. The molecule has 0 aliphatic carbocycles. The molecular formula is C18H22BrN5. The van der Waals surface area contributed by atoms with E-state index in [0.717, 1.165) is 29.1 Å². The lowest BCUT2D eigenvalue weighted by Gasteiger charge is -2.22. The summed E-state index contributed by atoms with van der Waals surface area (Å²) >= 11 is 3.50. The molecule has 1 N–H and O–H groups in total. The minimum Gasteiger partial charge on any atom is -0.357 e. The van der Waals surface area contributed by atoms with Gasteiger partial charge in [0.05, 0.1) is 24.7 Å². The Morgan fingerprint density at radius 1 is 1.42 bits per heavy atom. The third kappa shape index (κ3) is 4.87. The van der Waals surface area contributed by atoms with Gasteiger partial charge in [-0.25, -0.2) is 4.99 Å². The zero-order chi connectivity index (χ0) is 17.5. The second kappa shape index (κ2) is 8.55. The lowest BCUT2D eigenvalue weighted by Crippen LogP contribution is -2.38. The highest BCUT2D eigenvalue weighted by molar-refractivity contribution is 9.10. The molecule has 0 saturated carbocycles. The number of nitrogens with one attached hydrogen (secondary N) is 1. The summed E-state index contributed by atoms with van der Waals surface area (Å²) < 4.78 is 3.17. The first-order valence-corrected chi connectivity index (χ1v) is 8.62. The molecule has 5 nitrogen and oxygen atoms in total. The predicted octanol–water partition coefficient (Wildman–Crippen LogP) is 3.26. The summed E-state index contributed by atoms with van der Waals surface area (Å²) in [6.45, 7) is 4.15. The average Bonchev–Trinajstić information content (AvgIpc) is 2.88. The Morgan fingerprint density at radius 3 is 2.83 bits per heavy atom. The summed E-state index contributed by atoms with van der Waals surface area (Å²) in [5.41, 5.74) is 2.88. The van der Waals surface area contributed by atoms with E-state index in [1.165, 1.54) is 5.69 Å². The quantitative estimate of drug-likeness (QED) is 0.632. The van der Waals surface area contributed by atoms with Crippen molar-refractivity contribution >= 4 is 21.9 Å². The van der Waals surface area contributed by atoms with E-state index in [2.05, 4.69) is 49.8 Å². The zero-order valence-corrected chi connectivity index (χ0v) is 15.8. The van der Waals surface area contributed by atoms with Gasteiger partial charge in [-0.1, -0.05) is 12.1 Å². The number of nitrogens with zero attached hydrogens (tertiary/aromatic N) is 4. The fourth-order valence-corrected chi connectivity index (χ4v) is 2.99. The molecule has 126 valence electrons. The van der Waals surface area contributed by atoms with E-state index in [9.17, 15) is 0 Å². The molecule has 0 aliphatic rings. The normalized spacial score (nSPS) is 11.2. The van der Waals surface area contributed by atoms with Crippen LogP contribution in [-0.4, -0.2) is 29.0 Å². The van der Waals surface area contributed by atoms with E-state index in [0.29, 0.717) is 12.1 Å². The van der Waals surface area contributed by atoms with Crippen LogP contribution in [0, 0.1) is 11.3 Å². The molecule has 0 radical (unpaired) electrons. The molecule has 0 spiro atoms. The van der Waals surface area contributed by atoms with E-state index < -0.39 is 0 Å². The summed E-state index contributed by atoms with van der Waals surface area (Å²) in [6, 6.07) is 11.8. The van der Waals surface area contributed by atoms with Gasteiger partial charge in [-0.2, -0.15) is 5.26 Å². The SMILES string of the molecule is CCNC(=NCc1cccc(C#N)c1)N(C)Cc1cc(Br)cn1C. The molecule has 0 unspecified atom stereocenters. The Bertz CT molecular complexity index is 757. The standard InChI is InChI=1S/C18H22BrN5/c1-4-21-18(22-11-15-7-5-6-14(8-15)10-20)24(3)13-17-9-16(19)12-23(17)2/h5-9,12H,4,11,13H2,1-3H3,(H,21,22). The summed E-state index contributed by atoms with van der Waals surface area (Å²) in [5.74, 6) is 0.845. The van der Waals surface area contributed by atoms with Crippen LogP contribution in [-0.2, 0) is 20.1 Å². The van der Waals surface area contributed by atoms with E-state index in [1.54, 1.807) is 6.07 Å². The first kappa shape index (κ1) is 18.1. The molecule has 6 heteroatoms. The van der Waals surface area contributed by atoms with Gasteiger partial charge in [0.25, 0.3) is 0 Å². The minimum atomic E-state index is 0.541. The van der Waals surface area contributed by atoms with Crippen LogP contribution in [0.1, 0.15) is 23.7 Å². The van der Waals surface area contributed by atoms with Crippen LogP contribution >= 0.6 is 15.9 Å². The van der Waals surface area contributed by atoms with Crippen molar-refractivity contribution < 1.29 is 0 Å². The molecule has 0 amide bonds. The first-order valence-electron chi connectivity index (χ1n) is 7.82. The molecule has 0 aliphatic heterocycles. The van der Waals surface area contributed by atoms with Gasteiger partial charge in [0.15, 0.2) is 5.96 Å². The van der Waals surface area contributed by atoms with Gasteiger partial charge in [-0.15, -0.1) is 0 Å². The highest BCUT2D eigenvalue weighted by atomic mass is 79.9. The Hall–Kier alpha value is -2.26. The van der Waals surface area contributed by atoms with Gasteiger partial charge < -0.3 is 14.8 Å². The second-order valence-electron chi connectivity index (χ2n) is 5.60. The van der Waals surface area contributed by atoms with Crippen LogP contribution < -0.4 is 5.32 Å². The number of aliphatic imine (C=N–C) groups is 1. The van der Waals surface area contributed by atoms with Gasteiger partial charge in [-0.05, 0) is 46.6 Å². The molecule has 2 rings (SSSR count). The summed E-state index contributed by atoms with van der Waals surface area (Å²) in [6.07, 6.45) is 2.04. The minimum absolute atomic E-state index is 0.541. The molecule has 0 fully saturated rings. The summed E-state index contributed by atoms with van der Waals surface area (Å²) in [7, 11) is 4.06. The number of aromatic nitrogens is 1. The third-order valence-electron chi connectivity index (χ3n) is 3.64. The van der Waals surface area contributed by atoms with Crippen molar-refractivity contribution in [2.24, 2.45) is 12.0 Å². The van der Waals surface area contributed by atoms with Crippen LogP contribution in [0.25, 0.3) is 0 Å². The predicted molar refractivity (Wildman–Crippen MR) is 101 cm³/mol. The van der Waals surface area contributed by atoms with Gasteiger partial charge in [0.1, 0.15) is 0 Å². The molecular weight excluding hydrogens is 366 g/mol. The van der Waals surface area contributed by atoms with E-state index in [1.807, 2.05) is 38.5 Å². The van der Waals surface area contributed by atoms with Crippen molar-refractivity contribution in [3.63, 3.8) is 0 Å². The maximum atomic E-state index is 8.99. The molecule has 0 bridgehead atoms. The Balaban J connectivity index is 2.12. The maximum absolute atomic E-state index is 8.99. The molecule has 0 atom stereocenters. The Labute approximate surface area is 151 Å². The number of halogens is 1. The highest BCUT2D eigenvalue weighted by Gasteiger charge is 2.09. The molecule has 1 heterocycles. The van der Waals surface area contributed by atoms with E-state index in [-0.39, 0.29) is 0 Å². The molecule has 1 aromatic carbocycles. The van der Waals surface area contributed by atoms with Gasteiger partial charge in [0.2, 0.25) is 0 Å². The van der Waals surface area contributed by atoms with Crippen molar-refractivity contribution in [1.82, 2.24) is 14.8 Å². The van der Waals surface area contributed by atoms with Crippen molar-refractivity contribution in [2.75, 3.05) is 13.6 Å². The van der Waals surface area contributed by atoms with Crippen molar-refractivity contribution in [2.45, 2.75) is 20.0 Å². The molecule has 0 saturated heterocycles. The van der Waals surface area contributed by atoms with Crippen molar-refractivity contribution in [3.8, 4) is 6.07 Å². The van der Waals surface area contributed by atoms with E-state index in [4.69, 9.17) is 10.3 Å². The van der Waals surface area contributed by atoms with Gasteiger partial charge >= 0.3 is 0 Å². The van der Waals surface area contributed by atoms with Crippen molar-refractivity contribution in [1.29, 1.82) is 5.26 Å². The number of aryl methyl sites for hydroxylation is 1. The van der Waals surface area contributed by atoms with Gasteiger partial charge in [0, 0.05) is 37.0 Å².